The quantitative estimate of drug-likeness (QED) is 0.0889. The normalized spacial score (nSPS) is 19.5. The zero-order valence-corrected chi connectivity index (χ0v) is 35.2. The van der Waals surface area contributed by atoms with E-state index in [0.717, 1.165) is 64.4 Å². The summed E-state index contributed by atoms with van der Waals surface area (Å²) in [6, 6.07) is 20.3. The Morgan fingerprint density at radius 2 is 1.88 bits per heavy atom. The molecule has 0 bridgehead atoms. The van der Waals surface area contributed by atoms with Gasteiger partial charge in [0.25, 0.3) is 5.88 Å². The number of thiazole rings is 1. The lowest BCUT2D eigenvalue weighted by Gasteiger charge is -2.32. The molecule has 5 atom stereocenters. The fraction of sp³-hybridized carbons (Fsp3) is 0.422. The molecule has 0 spiro atoms. The molecule has 6 aromatic rings. The molecule has 14 nitrogen and oxygen atoms in total. The second-order valence-corrected chi connectivity index (χ2v) is 17.3. The minimum absolute atomic E-state index is 0.0766. The third kappa shape index (κ3) is 9.08. The molecule has 314 valence electrons. The van der Waals surface area contributed by atoms with Crippen molar-refractivity contribution in [3.8, 4) is 33.3 Å². The number of aliphatic hydroxyl groups is 1. The van der Waals surface area contributed by atoms with Gasteiger partial charge >= 0.3 is 0 Å². The molecule has 8 rings (SSSR count). The van der Waals surface area contributed by atoms with Crippen LogP contribution in [0, 0.1) is 12.8 Å². The number of phenols is 1. The lowest BCUT2D eigenvalue weighted by atomic mass is 9.91. The number of likely N-dealkylation sites (tertiary alicyclic amines) is 2. The predicted molar refractivity (Wildman–Crippen MR) is 229 cm³/mol. The van der Waals surface area contributed by atoms with Gasteiger partial charge in [-0.15, -0.1) is 21.5 Å². The average Bonchev–Trinajstić information content (AvgIpc) is 4.05. The number of phenolic OH excluding ortho intramolecular Hbond substituents is 1. The molecule has 4 N–H and O–H groups in total. The van der Waals surface area contributed by atoms with Crippen molar-refractivity contribution >= 4 is 34.2 Å². The third-order valence-corrected chi connectivity index (χ3v) is 12.8. The summed E-state index contributed by atoms with van der Waals surface area (Å²) >= 11 is 1.60. The Bertz CT molecular complexity index is 2430. The molecule has 0 aliphatic carbocycles. The minimum atomic E-state index is -0.727. The second-order valence-electron chi connectivity index (χ2n) is 16.5. The van der Waals surface area contributed by atoms with Gasteiger partial charge in [-0.25, -0.2) is 4.98 Å². The van der Waals surface area contributed by atoms with Crippen LogP contribution in [0.3, 0.4) is 0 Å². The Morgan fingerprint density at radius 1 is 1.07 bits per heavy atom. The molecule has 2 amide bonds. The number of hydrogen-bond donors (Lipinski definition) is 4. The lowest BCUT2D eigenvalue weighted by molar-refractivity contribution is -0.136. The summed E-state index contributed by atoms with van der Waals surface area (Å²) in [5.74, 6) is -0.0301. The maximum Gasteiger partial charge on any atom is 0.254 e. The first kappa shape index (κ1) is 41.1. The molecule has 0 unspecified atom stereocenters. The number of nitrogens with zero attached hydrogens (tertiary/aromatic N) is 6. The number of carbonyl (C=O) groups is 2. The number of aliphatic hydroxyl groups excluding tert-OH is 1. The monoisotopic (exact) mass is 832 g/mol. The third-order valence-electron chi connectivity index (χ3n) is 11.8. The second kappa shape index (κ2) is 17.9. The Morgan fingerprint density at radius 3 is 2.65 bits per heavy atom. The Hall–Kier alpha value is -5.64. The van der Waals surface area contributed by atoms with Crippen LogP contribution in [0.4, 0.5) is 0 Å². The van der Waals surface area contributed by atoms with Crippen LogP contribution in [0.1, 0.15) is 87.0 Å². The average molecular weight is 833 g/mol. The fourth-order valence-electron chi connectivity index (χ4n) is 8.64. The van der Waals surface area contributed by atoms with Gasteiger partial charge in [0.1, 0.15) is 18.3 Å². The number of H-pyrrole nitrogens is 1. The number of nitrogens with one attached hydrogen (secondary N) is 2. The summed E-state index contributed by atoms with van der Waals surface area (Å²) in [5, 5.41) is 37.9. The SMILES string of the molecule is Cc1ncsc1-c1ccc([C@H](C)NC(=O)C[C@@H]2C[C@@H](O)CN2C(=O)[C@@H](c2cc(OCCN3CCC[C@H](c4cc5cc(-c6ccccc6O)nnc5[nH]4)C3)no2)C(C)C)cc1. The molecule has 2 aliphatic rings. The zero-order chi connectivity index (χ0) is 41.9. The summed E-state index contributed by atoms with van der Waals surface area (Å²) < 4.78 is 11.8. The van der Waals surface area contributed by atoms with Crippen molar-refractivity contribution in [1.82, 2.24) is 40.4 Å². The minimum Gasteiger partial charge on any atom is -0.507 e. The van der Waals surface area contributed by atoms with Gasteiger partial charge in [0.15, 0.2) is 11.4 Å². The number of aryl methyl sites for hydroxylation is 1. The summed E-state index contributed by atoms with van der Waals surface area (Å²) in [7, 11) is 0. The molecule has 0 radical (unpaired) electrons. The molecule has 0 saturated carbocycles. The van der Waals surface area contributed by atoms with E-state index in [1.165, 1.54) is 0 Å². The summed E-state index contributed by atoms with van der Waals surface area (Å²) in [5.41, 5.74) is 7.99. The van der Waals surface area contributed by atoms with Crippen LogP contribution in [-0.2, 0) is 9.59 Å². The largest absolute Gasteiger partial charge is 0.507 e. The smallest absolute Gasteiger partial charge is 0.254 e. The number of benzene rings is 2. The van der Waals surface area contributed by atoms with E-state index < -0.39 is 18.1 Å². The van der Waals surface area contributed by atoms with Crippen LogP contribution in [0.5, 0.6) is 11.6 Å². The highest BCUT2D eigenvalue weighted by Crippen LogP contribution is 2.35. The number of aromatic hydroxyl groups is 1. The van der Waals surface area contributed by atoms with Crippen molar-refractivity contribution < 1.29 is 29.1 Å². The van der Waals surface area contributed by atoms with Gasteiger partial charge in [0.05, 0.1) is 33.9 Å². The number of amides is 2. The van der Waals surface area contributed by atoms with Crippen LogP contribution >= 0.6 is 11.3 Å². The van der Waals surface area contributed by atoms with Gasteiger partial charge in [0.2, 0.25) is 11.8 Å². The van der Waals surface area contributed by atoms with E-state index in [4.69, 9.17) is 9.26 Å². The van der Waals surface area contributed by atoms with E-state index in [9.17, 15) is 19.8 Å². The first-order valence-corrected chi connectivity index (χ1v) is 21.6. The van der Waals surface area contributed by atoms with Crippen LogP contribution in [0.25, 0.3) is 32.7 Å². The predicted octanol–water partition coefficient (Wildman–Crippen LogP) is 6.98. The van der Waals surface area contributed by atoms with Gasteiger partial charge < -0.3 is 34.7 Å². The maximum absolute atomic E-state index is 14.2. The number of carbonyl (C=O) groups excluding carboxylic acids is 2. The van der Waals surface area contributed by atoms with E-state index in [2.05, 4.69) is 41.6 Å². The van der Waals surface area contributed by atoms with Crippen LogP contribution in [0.2, 0.25) is 0 Å². The summed E-state index contributed by atoms with van der Waals surface area (Å²) in [6.07, 6.45) is 1.75. The van der Waals surface area contributed by atoms with E-state index >= 15 is 0 Å². The molecule has 2 aromatic carbocycles. The number of aromatic amines is 1. The fourth-order valence-corrected chi connectivity index (χ4v) is 9.45. The van der Waals surface area contributed by atoms with Crippen LogP contribution < -0.4 is 10.1 Å². The molecule has 2 aliphatic heterocycles. The molecule has 4 aromatic heterocycles. The van der Waals surface area contributed by atoms with Gasteiger partial charge in [-0.05, 0) is 86.1 Å². The maximum atomic E-state index is 14.2. The zero-order valence-electron chi connectivity index (χ0n) is 34.4. The number of rotatable bonds is 14. The number of hydrogen-bond acceptors (Lipinski definition) is 12. The molecule has 2 fully saturated rings. The van der Waals surface area contributed by atoms with E-state index in [0.29, 0.717) is 42.5 Å². The van der Waals surface area contributed by atoms with Gasteiger partial charge in [-0.2, -0.15) is 0 Å². The van der Waals surface area contributed by atoms with Crippen LogP contribution in [0.15, 0.2) is 76.8 Å². The highest BCUT2D eigenvalue weighted by Gasteiger charge is 2.41. The van der Waals surface area contributed by atoms with Crippen molar-refractivity contribution in [2.75, 3.05) is 32.8 Å². The Kier molecular flexibility index (Phi) is 12.3. The van der Waals surface area contributed by atoms with Crippen LogP contribution in [-0.4, -0.2) is 102 Å². The van der Waals surface area contributed by atoms with E-state index in [-0.39, 0.29) is 48.4 Å². The van der Waals surface area contributed by atoms with E-state index in [1.54, 1.807) is 34.4 Å². The highest BCUT2D eigenvalue weighted by atomic mass is 32.1. The van der Waals surface area contributed by atoms with Gasteiger partial charge in [-0.3, -0.25) is 14.5 Å². The van der Waals surface area contributed by atoms with Crippen molar-refractivity contribution in [1.29, 1.82) is 0 Å². The number of para-hydroxylation sites is 1. The van der Waals surface area contributed by atoms with Crippen molar-refractivity contribution in [2.24, 2.45) is 5.92 Å². The van der Waals surface area contributed by atoms with Crippen molar-refractivity contribution in [3.05, 3.63) is 95.0 Å². The van der Waals surface area contributed by atoms with Gasteiger partial charge in [0, 0.05) is 60.7 Å². The van der Waals surface area contributed by atoms with Crippen molar-refractivity contribution in [2.45, 2.75) is 83.4 Å². The van der Waals surface area contributed by atoms with E-state index in [1.807, 2.05) is 75.7 Å². The standard InChI is InChI=1S/C45H52N8O6S/c1-26(2)42(45(57)53-24-34(54)20-33(53)21-40(56)47-27(3)29-11-13-30(14-12-29)43-28(4)46-25-60-43)39-22-41(51-59-39)58-17-16-52-15-7-8-31(23-52)36-18-32-19-37(49-50-44(32)48-36)35-9-5-6-10-38(35)55/h5-6,9-14,18-19,22,25-27,31,33-34,42,54-55H,7-8,15-17,20-21,23-24H2,1-4H3,(H,47,56)(H,48,50)/t27-,31-,33-,34+,42+/m0/s1. The number of aromatic nitrogens is 5. The number of piperidine rings is 1. The molecule has 6 heterocycles. The first-order valence-electron chi connectivity index (χ1n) is 20.8. The van der Waals surface area contributed by atoms with Crippen molar-refractivity contribution in [3.63, 3.8) is 0 Å². The lowest BCUT2D eigenvalue weighted by Crippen LogP contribution is -2.43. The molecular weight excluding hydrogens is 781 g/mol. The number of ether oxygens (including phenoxy) is 1. The summed E-state index contributed by atoms with van der Waals surface area (Å²) in [6.45, 7) is 10.9. The topological polar surface area (TPSA) is 183 Å². The summed E-state index contributed by atoms with van der Waals surface area (Å²) in [4.78, 5) is 40.5. The highest BCUT2D eigenvalue weighted by molar-refractivity contribution is 7.13. The Labute approximate surface area is 353 Å². The Balaban J connectivity index is 0.841. The first-order chi connectivity index (χ1) is 29.0. The number of β-amino-alcohol motifs (C(OH)–C–C–N with tert-alkyl or cyclic N) is 1. The molecular formula is C45H52N8O6S. The number of fused-ring (bicyclic) bond motifs is 1. The molecule has 60 heavy (non-hydrogen) atoms. The molecule has 2 saturated heterocycles. The molecule has 15 heteroatoms. The van der Waals surface area contributed by atoms with Gasteiger partial charge in [-0.1, -0.05) is 50.2 Å².